The van der Waals surface area contributed by atoms with Crippen LogP contribution in [-0.2, 0) is 9.53 Å². The molecule has 0 fully saturated rings. The van der Waals surface area contributed by atoms with Gasteiger partial charge in [0.1, 0.15) is 4.71 Å². The average molecular weight is 221 g/mol. The number of nitrogens with zero attached hydrogens (tertiary/aromatic N) is 2. The average Bonchev–Trinajstić information content (AvgIpc) is 2.41. The number of carbonyl (C=O) groups excluding carboxylic acids is 1. The van der Waals surface area contributed by atoms with Gasteiger partial charge in [-0.2, -0.15) is 5.10 Å². The van der Waals surface area contributed by atoms with Gasteiger partial charge in [-0.1, -0.05) is 0 Å². The first-order valence-corrected chi connectivity index (χ1v) is 5.05. The molecule has 2 N–H and O–H groups in total. The quantitative estimate of drug-likeness (QED) is 0.520. The monoisotopic (exact) mass is 221 g/mol. The van der Waals surface area contributed by atoms with Crippen LogP contribution in [0.15, 0.2) is 5.10 Å². The molecular weight excluding hydrogens is 210 g/mol. The third kappa shape index (κ3) is 3.00. The summed E-state index contributed by atoms with van der Waals surface area (Å²) in [5.74, 6) is -0.258. The Morgan fingerprint density at radius 2 is 2.62 bits per heavy atom. The number of hydrogen-bond donors (Lipinski definition) is 2. The molecule has 0 radical (unpaired) electrons. The molecule has 0 bridgehead atoms. The molecule has 0 aromatic heterocycles. The van der Waals surface area contributed by atoms with Crippen LogP contribution in [0.4, 0.5) is 0 Å². The molecule has 0 spiro atoms. The number of rotatable bonds is 3. The maximum Gasteiger partial charge on any atom is 0.307 e. The molecular formula is C6H11N3O2S2. The van der Waals surface area contributed by atoms with Crippen LogP contribution < -0.4 is 5.73 Å². The zero-order valence-corrected chi connectivity index (χ0v) is 8.85. The van der Waals surface area contributed by atoms with Gasteiger partial charge in [-0.05, 0) is 11.8 Å². The Labute approximate surface area is 86.1 Å². The van der Waals surface area contributed by atoms with Crippen LogP contribution in [0.5, 0.6) is 0 Å². The summed E-state index contributed by atoms with van der Waals surface area (Å²) in [5, 5.41) is 6.11. The molecule has 0 saturated heterocycles. The van der Waals surface area contributed by atoms with Crippen LogP contribution >= 0.6 is 24.4 Å². The molecule has 0 aromatic rings. The molecule has 1 heterocycles. The number of nitrogens with two attached hydrogens (primary N) is 1. The smallest absolute Gasteiger partial charge is 0.307 e. The number of amidine groups is 1. The molecule has 1 atom stereocenters. The lowest BCUT2D eigenvalue weighted by Crippen LogP contribution is -2.23. The molecule has 0 aliphatic carbocycles. The van der Waals surface area contributed by atoms with E-state index in [0.29, 0.717) is 18.1 Å². The molecule has 7 heteroatoms. The maximum absolute atomic E-state index is 10.8. The standard InChI is InChI=1S/C6H11N3O2S2/c1-11-4(10)2-3-9-6(12)13-5(7)8-9/h6,12H,2-3H2,1H3,(H2,7,8). The number of hydrazone groups is 1. The molecule has 1 rings (SSSR count). The third-order valence-corrected chi connectivity index (χ3v) is 2.84. The van der Waals surface area contributed by atoms with E-state index in [1.807, 2.05) is 0 Å². The van der Waals surface area contributed by atoms with Gasteiger partial charge in [0, 0.05) is 6.54 Å². The fourth-order valence-corrected chi connectivity index (χ4v) is 1.97. The Hall–Kier alpha value is -0.560. The van der Waals surface area contributed by atoms with Crippen molar-refractivity contribution in [2.75, 3.05) is 13.7 Å². The van der Waals surface area contributed by atoms with E-state index in [2.05, 4.69) is 22.5 Å². The van der Waals surface area contributed by atoms with Crippen molar-refractivity contribution < 1.29 is 9.53 Å². The largest absolute Gasteiger partial charge is 0.469 e. The zero-order chi connectivity index (χ0) is 9.84. The number of hydrogen-bond acceptors (Lipinski definition) is 7. The summed E-state index contributed by atoms with van der Waals surface area (Å²) in [7, 11) is 1.36. The van der Waals surface area contributed by atoms with E-state index in [4.69, 9.17) is 5.73 Å². The Kier molecular flexibility index (Phi) is 3.73. The van der Waals surface area contributed by atoms with E-state index in [0.717, 1.165) is 0 Å². The Bertz CT molecular complexity index is 234. The van der Waals surface area contributed by atoms with E-state index >= 15 is 0 Å². The summed E-state index contributed by atoms with van der Waals surface area (Å²) >= 11 is 5.57. The molecule has 0 saturated carbocycles. The van der Waals surface area contributed by atoms with E-state index in [-0.39, 0.29) is 10.7 Å². The molecule has 74 valence electrons. The van der Waals surface area contributed by atoms with Crippen molar-refractivity contribution in [2.45, 2.75) is 11.1 Å². The van der Waals surface area contributed by atoms with Crippen LogP contribution in [0.2, 0.25) is 0 Å². The topological polar surface area (TPSA) is 67.9 Å². The van der Waals surface area contributed by atoms with Crippen LogP contribution in [0.25, 0.3) is 0 Å². The fraction of sp³-hybridized carbons (Fsp3) is 0.667. The molecule has 5 nitrogen and oxygen atoms in total. The number of esters is 1. The first kappa shape index (κ1) is 10.5. The number of thiol groups is 1. The van der Waals surface area contributed by atoms with Crippen molar-refractivity contribution >= 4 is 35.5 Å². The van der Waals surface area contributed by atoms with Gasteiger partial charge in [0.25, 0.3) is 0 Å². The maximum atomic E-state index is 10.8. The minimum absolute atomic E-state index is 0.0929. The van der Waals surface area contributed by atoms with E-state index in [1.165, 1.54) is 18.9 Å². The van der Waals surface area contributed by atoms with Gasteiger partial charge in [-0.25, -0.2) is 0 Å². The summed E-state index contributed by atoms with van der Waals surface area (Å²) in [5.41, 5.74) is 5.46. The van der Waals surface area contributed by atoms with Gasteiger partial charge in [0.05, 0.1) is 13.5 Å². The lowest BCUT2D eigenvalue weighted by molar-refractivity contribution is -0.140. The summed E-state index contributed by atoms with van der Waals surface area (Å²) in [4.78, 5) is 10.8. The Morgan fingerprint density at radius 1 is 1.92 bits per heavy atom. The highest BCUT2D eigenvalue weighted by Crippen LogP contribution is 2.26. The highest BCUT2D eigenvalue weighted by Gasteiger charge is 2.22. The second kappa shape index (κ2) is 4.61. The molecule has 0 aromatic carbocycles. The van der Waals surface area contributed by atoms with Crippen molar-refractivity contribution in [2.24, 2.45) is 10.8 Å². The highest BCUT2D eigenvalue weighted by molar-refractivity contribution is 8.21. The number of ether oxygens (including phenoxy) is 1. The Morgan fingerprint density at radius 3 is 3.08 bits per heavy atom. The van der Waals surface area contributed by atoms with Crippen LogP contribution in [0.3, 0.4) is 0 Å². The van der Waals surface area contributed by atoms with Gasteiger partial charge >= 0.3 is 5.97 Å². The summed E-state index contributed by atoms with van der Waals surface area (Å²) < 4.78 is 4.40. The molecule has 0 amide bonds. The lowest BCUT2D eigenvalue weighted by atomic mass is 10.4. The normalized spacial score (nSPS) is 21.5. The molecule has 13 heavy (non-hydrogen) atoms. The SMILES string of the molecule is COC(=O)CCN1N=C(N)SC1S. The minimum atomic E-state index is -0.258. The van der Waals surface area contributed by atoms with Crippen LogP contribution in [-0.4, -0.2) is 34.5 Å². The van der Waals surface area contributed by atoms with Gasteiger partial charge in [0.2, 0.25) is 0 Å². The first-order valence-electron chi connectivity index (χ1n) is 3.65. The molecule has 1 unspecified atom stereocenters. The van der Waals surface area contributed by atoms with Crippen molar-refractivity contribution in [1.82, 2.24) is 5.01 Å². The molecule has 1 aliphatic rings. The summed E-state index contributed by atoms with van der Waals surface area (Å²) in [6.45, 7) is 0.481. The van der Waals surface area contributed by atoms with Gasteiger partial charge < -0.3 is 10.5 Å². The van der Waals surface area contributed by atoms with Gasteiger partial charge in [-0.3, -0.25) is 9.80 Å². The van der Waals surface area contributed by atoms with Crippen molar-refractivity contribution in [1.29, 1.82) is 0 Å². The number of carbonyl (C=O) groups is 1. The van der Waals surface area contributed by atoms with Crippen LogP contribution in [0.1, 0.15) is 6.42 Å². The molecule has 1 aliphatic heterocycles. The summed E-state index contributed by atoms with van der Waals surface area (Å²) in [6.07, 6.45) is 0.297. The van der Waals surface area contributed by atoms with E-state index < -0.39 is 0 Å². The van der Waals surface area contributed by atoms with E-state index in [1.54, 1.807) is 5.01 Å². The number of methoxy groups -OCH3 is 1. The van der Waals surface area contributed by atoms with Crippen LogP contribution in [0, 0.1) is 0 Å². The Balaban J connectivity index is 2.33. The van der Waals surface area contributed by atoms with Crippen molar-refractivity contribution in [3.05, 3.63) is 0 Å². The van der Waals surface area contributed by atoms with Crippen molar-refractivity contribution in [3.8, 4) is 0 Å². The van der Waals surface area contributed by atoms with Gasteiger partial charge in [0.15, 0.2) is 5.17 Å². The second-order valence-corrected chi connectivity index (χ2v) is 4.31. The van der Waals surface area contributed by atoms with Gasteiger partial charge in [-0.15, -0.1) is 12.6 Å². The minimum Gasteiger partial charge on any atom is -0.469 e. The fourth-order valence-electron chi connectivity index (χ4n) is 0.837. The second-order valence-electron chi connectivity index (χ2n) is 2.37. The summed E-state index contributed by atoms with van der Waals surface area (Å²) in [6, 6.07) is 0. The lowest BCUT2D eigenvalue weighted by Gasteiger charge is -2.16. The predicted molar refractivity (Wildman–Crippen MR) is 55.3 cm³/mol. The zero-order valence-electron chi connectivity index (χ0n) is 7.14. The predicted octanol–water partition coefficient (Wildman–Crippen LogP) is 0.0414. The third-order valence-electron chi connectivity index (χ3n) is 1.48. The number of thioether (sulfide) groups is 1. The highest BCUT2D eigenvalue weighted by atomic mass is 32.2. The van der Waals surface area contributed by atoms with Crippen molar-refractivity contribution in [3.63, 3.8) is 0 Å². The van der Waals surface area contributed by atoms with E-state index in [9.17, 15) is 4.79 Å². The first-order chi connectivity index (χ1) is 6.13.